The van der Waals surface area contributed by atoms with Gasteiger partial charge in [-0.15, -0.1) is 0 Å². The average Bonchev–Trinajstić information content (AvgIpc) is 2.61. The third-order valence-electron chi connectivity index (χ3n) is 3.26. The number of amides is 1. The fraction of sp³-hybridized carbons (Fsp3) is 0.909. The lowest BCUT2D eigenvalue weighted by molar-refractivity contribution is -0.124. The number of ether oxygens (including phenoxy) is 1. The van der Waals surface area contributed by atoms with Crippen LogP contribution in [0.25, 0.3) is 0 Å². The summed E-state index contributed by atoms with van der Waals surface area (Å²) in [6.07, 6.45) is 4.43. The summed E-state index contributed by atoms with van der Waals surface area (Å²) in [5.74, 6) is 0.423. The molecule has 2 atom stereocenters. The molecular weight excluding hydrogens is 178 g/mol. The number of carbonyl (C=O) groups excluding carboxylic acids is 1. The Balaban J connectivity index is 1.84. The van der Waals surface area contributed by atoms with Crippen LogP contribution in [0.15, 0.2) is 0 Å². The zero-order valence-corrected chi connectivity index (χ0v) is 9.01. The smallest absolute Gasteiger partial charge is 0.223 e. The van der Waals surface area contributed by atoms with Crippen molar-refractivity contribution in [3.63, 3.8) is 0 Å². The van der Waals surface area contributed by atoms with E-state index in [9.17, 15) is 4.79 Å². The van der Waals surface area contributed by atoms with Crippen LogP contribution < -0.4 is 5.32 Å². The van der Waals surface area contributed by atoms with E-state index in [2.05, 4.69) is 19.2 Å². The van der Waals surface area contributed by atoms with Crippen LogP contribution in [0, 0.1) is 5.92 Å². The van der Waals surface area contributed by atoms with Crippen LogP contribution in [0.3, 0.4) is 0 Å². The van der Waals surface area contributed by atoms with Crippen LogP contribution in [0.5, 0.6) is 0 Å². The molecule has 1 N–H and O–H groups in total. The molecule has 3 heteroatoms. The summed E-state index contributed by atoms with van der Waals surface area (Å²) in [4.78, 5) is 11.4. The van der Waals surface area contributed by atoms with E-state index >= 15 is 0 Å². The molecular formula is C11H19NO2. The largest absolute Gasteiger partial charge is 0.372 e. The quantitative estimate of drug-likeness (QED) is 0.728. The van der Waals surface area contributed by atoms with Gasteiger partial charge in [0.1, 0.15) is 0 Å². The molecule has 0 radical (unpaired) electrons. The van der Waals surface area contributed by atoms with Crippen molar-refractivity contribution in [3.8, 4) is 0 Å². The van der Waals surface area contributed by atoms with E-state index in [1.54, 1.807) is 0 Å². The zero-order chi connectivity index (χ0) is 10.2. The summed E-state index contributed by atoms with van der Waals surface area (Å²) in [7, 11) is 0. The van der Waals surface area contributed by atoms with Crippen molar-refractivity contribution in [2.24, 2.45) is 5.92 Å². The van der Waals surface area contributed by atoms with Crippen molar-refractivity contribution in [3.05, 3.63) is 0 Å². The third kappa shape index (κ3) is 2.08. The Kier molecular flexibility index (Phi) is 2.52. The number of hydrogen-bond acceptors (Lipinski definition) is 2. The second kappa shape index (κ2) is 3.54. The minimum absolute atomic E-state index is 0.0275. The molecule has 0 aromatic carbocycles. The maximum absolute atomic E-state index is 11.4. The molecule has 0 spiro atoms. The fourth-order valence-electron chi connectivity index (χ4n) is 2.43. The first kappa shape index (κ1) is 9.97. The first-order chi connectivity index (χ1) is 6.57. The van der Waals surface area contributed by atoms with Crippen LogP contribution >= 0.6 is 0 Å². The molecule has 80 valence electrons. The maximum Gasteiger partial charge on any atom is 0.223 e. The van der Waals surface area contributed by atoms with E-state index in [-0.39, 0.29) is 17.4 Å². The number of carbonyl (C=O) groups is 1. The molecule has 0 aliphatic carbocycles. The van der Waals surface area contributed by atoms with Gasteiger partial charge in [0.25, 0.3) is 0 Å². The van der Waals surface area contributed by atoms with Crippen molar-refractivity contribution in [2.75, 3.05) is 6.54 Å². The molecule has 0 saturated carbocycles. The van der Waals surface area contributed by atoms with Gasteiger partial charge in [-0.2, -0.15) is 0 Å². The van der Waals surface area contributed by atoms with E-state index in [0.29, 0.717) is 6.10 Å². The molecule has 2 heterocycles. The van der Waals surface area contributed by atoms with E-state index in [1.165, 1.54) is 0 Å². The number of nitrogens with one attached hydrogen (secondary N) is 1. The summed E-state index contributed by atoms with van der Waals surface area (Å²) in [5.41, 5.74) is 0.0275. The molecule has 2 fully saturated rings. The van der Waals surface area contributed by atoms with Crippen molar-refractivity contribution in [1.29, 1.82) is 0 Å². The Bertz CT molecular complexity index is 237. The van der Waals surface area contributed by atoms with Gasteiger partial charge in [-0.1, -0.05) is 0 Å². The maximum atomic E-state index is 11.4. The molecule has 3 nitrogen and oxygen atoms in total. The summed E-state index contributed by atoms with van der Waals surface area (Å²) in [6.45, 7) is 5.10. The van der Waals surface area contributed by atoms with Crippen molar-refractivity contribution >= 4 is 5.91 Å². The summed E-state index contributed by atoms with van der Waals surface area (Å²) in [5, 5.41) is 2.87. The Morgan fingerprint density at radius 2 is 2.29 bits per heavy atom. The monoisotopic (exact) mass is 197 g/mol. The van der Waals surface area contributed by atoms with Gasteiger partial charge in [0.15, 0.2) is 0 Å². The molecule has 2 saturated heterocycles. The number of hydrogen-bond donors (Lipinski definition) is 1. The predicted molar refractivity (Wildman–Crippen MR) is 53.9 cm³/mol. The van der Waals surface area contributed by atoms with Crippen LogP contribution in [0.2, 0.25) is 0 Å². The highest BCUT2D eigenvalue weighted by atomic mass is 16.5. The molecule has 0 aromatic rings. The van der Waals surface area contributed by atoms with Crippen molar-refractivity contribution < 1.29 is 9.53 Å². The highest BCUT2D eigenvalue weighted by Crippen LogP contribution is 2.33. The molecule has 2 aliphatic rings. The lowest BCUT2D eigenvalue weighted by Gasteiger charge is -2.20. The first-order valence-electron chi connectivity index (χ1n) is 5.52. The lowest BCUT2D eigenvalue weighted by Crippen LogP contribution is -2.25. The Labute approximate surface area is 85.2 Å². The average molecular weight is 197 g/mol. The van der Waals surface area contributed by atoms with E-state index in [0.717, 1.165) is 32.2 Å². The predicted octanol–water partition coefficient (Wildman–Crippen LogP) is 1.47. The zero-order valence-electron chi connectivity index (χ0n) is 9.01. The van der Waals surface area contributed by atoms with Gasteiger partial charge in [0.2, 0.25) is 5.91 Å². The van der Waals surface area contributed by atoms with Crippen molar-refractivity contribution in [2.45, 2.75) is 51.2 Å². The summed E-state index contributed by atoms with van der Waals surface area (Å²) in [6, 6.07) is 0. The first-order valence-corrected chi connectivity index (χ1v) is 5.52. The molecule has 2 aliphatic heterocycles. The van der Waals surface area contributed by atoms with Gasteiger partial charge in [-0.05, 0) is 39.5 Å². The molecule has 0 aromatic heterocycles. The van der Waals surface area contributed by atoms with Crippen LogP contribution in [-0.2, 0) is 9.53 Å². The molecule has 0 bridgehead atoms. The Morgan fingerprint density at radius 1 is 1.50 bits per heavy atom. The minimum Gasteiger partial charge on any atom is -0.372 e. The minimum atomic E-state index is 0.0275. The normalized spacial score (nSPS) is 36.0. The lowest BCUT2D eigenvalue weighted by atomic mass is 9.97. The molecule has 1 amide bonds. The Hall–Kier alpha value is -0.570. The van der Waals surface area contributed by atoms with Crippen molar-refractivity contribution in [1.82, 2.24) is 5.32 Å². The van der Waals surface area contributed by atoms with E-state index < -0.39 is 0 Å². The van der Waals surface area contributed by atoms with Gasteiger partial charge in [-0.25, -0.2) is 0 Å². The van der Waals surface area contributed by atoms with Gasteiger partial charge < -0.3 is 10.1 Å². The third-order valence-corrected chi connectivity index (χ3v) is 3.26. The molecule has 14 heavy (non-hydrogen) atoms. The molecule has 2 rings (SSSR count). The van der Waals surface area contributed by atoms with Gasteiger partial charge in [-0.3, -0.25) is 4.79 Å². The van der Waals surface area contributed by atoms with Gasteiger partial charge in [0.05, 0.1) is 11.7 Å². The summed E-state index contributed by atoms with van der Waals surface area (Å²) < 4.78 is 5.88. The number of rotatable bonds is 2. The standard InChI is InChI=1S/C11H19NO2/c1-11(2)5-3-9(14-11)7-8-4-6-12-10(8)13/h8-9H,3-7H2,1-2H3,(H,12,13). The van der Waals surface area contributed by atoms with Crippen LogP contribution in [0.1, 0.15) is 39.5 Å². The van der Waals surface area contributed by atoms with E-state index in [1.807, 2.05) is 0 Å². The van der Waals surface area contributed by atoms with Crippen LogP contribution in [-0.4, -0.2) is 24.2 Å². The second-order valence-electron chi connectivity index (χ2n) is 5.05. The Morgan fingerprint density at radius 3 is 2.79 bits per heavy atom. The van der Waals surface area contributed by atoms with Gasteiger partial charge >= 0.3 is 0 Å². The van der Waals surface area contributed by atoms with Crippen LogP contribution in [0.4, 0.5) is 0 Å². The summed E-state index contributed by atoms with van der Waals surface area (Å²) >= 11 is 0. The molecule has 2 unspecified atom stereocenters. The fourth-order valence-corrected chi connectivity index (χ4v) is 2.43. The highest BCUT2D eigenvalue weighted by Gasteiger charge is 2.35. The van der Waals surface area contributed by atoms with E-state index in [4.69, 9.17) is 4.74 Å². The topological polar surface area (TPSA) is 38.3 Å². The van der Waals surface area contributed by atoms with Gasteiger partial charge in [0, 0.05) is 12.5 Å². The SMILES string of the molecule is CC1(C)CCC(CC2CCNC2=O)O1. The second-order valence-corrected chi connectivity index (χ2v) is 5.05. The highest BCUT2D eigenvalue weighted by molar-refractivity contribution is 5.80.